The number of carbonyl (C=O) groups is 1. The van der Waals surface area contributed by atoms with Crippen LogP contribution < -0.4 is 11.2 Å². The number of hydrazine groups is 1. The fourth-order valence-corrected chi connectivity index (χ4v) is 5.10. The van der Waals surface area contributed by atoms with Crippen molar-refractivity contribution in [3.63, 3.8) is 0 Å². The minimum absolute atomic E-state index is 0.00756. The van der Waals surface area contributed by atoms with Gasteiger partial charge in [-0.2, -0.15) is 0 Å². The molecule has 4 N–H and O–H groups in total. The number of thiophene rings is 1. The van der Waals surface area contributed by atoms with Crippen LogP contribution in [0.15, 0.2) is 72.3 Å². The van der Waals surface area contributed by atoms with Crippen LogP contribution in [-0.4, -0.2) is 46.2 Å². The molecule has 6 nitrogen and oxygen atoms in total. The number of aliphatic hydroxyl groups is 1. The van der Waals surface area contributed by atoms with E-state index in [1.54, 1.807) is 21.2 Å². The van der Waals surface area contributed by atoms with Crippen molar-refractivity contribution in [2.75, 3.05) is 13.1 Å². The molecule has 9 heteroatoms. The molecular formula is C28H32F2N4O2S. The number of rotatable bonds is 11. The van der Waals surface area contributed by atoms with Gasteiger partial charge in [-0.3, -0.25) is 4.79 Å². The monoisotopic (exact) mass is 526 g/mol. The van der Waals surface area contributed by atoms with Gasteiger partial charge in [0.25, 0.3) is 0 Å². The summed E-state index contributed by atoms with van der Waals surface area (Å²) in [5.74, 6) is -1.58. The molecule has 0 saturated heterocycles. The molecule has 2 aromatic carbocycles. The van der Waals surface area contributed by atoms with Crippen LogP contribution in [-0.2, 0) is 24.2 Å². The Morgan fingerprint density at radius 1 is 1.14 bits per heavy atom. The zero-order chi connectivity index (χ0) is 26.4. The maximum absolute atomic E-state index is 13.6. The minimum atomic E-state index is -1.09. The Hall–Kier alpha value is -3.11. The van der Waals surface area contributed by atoms with Crippen LogP contribution in [0.4, 0.5) is 8.78 Å². The Balaban J connectivity index is 1.44. The van der Waals surface area contributed by atoms with Crippen LogP contribution in [0.5, 0.6) is 0 Å². The van der Waals surface area contributed by atoms with E-state index < -0.39 is 23.8 Å². The first-order valence-electron chi connectivity index (χ1n) is 12.3. The van der Waals surface area contributed by atoms with Gasteiger partial charge in [-0.25, -0.2) is 14.2 Å². The summed E-state index contributed by atoms with van der Waals surface area (Å²) in [6.45, 7) is 2.43. The molecule has 1 aromatic heterocycles. The second-order valence-electron chi connectivity index (χ2n) is 9.25. The standard InChI is InChI=1S/C28H32F2N4O2S/c1-2-19-5-3-6-20(11-19)16-33(17-26(35)24(31)14-21-12-22(29)15-23(30)13-21)28(36)18-34-9-8-25(32-34)27-7-4-10-37-27/h3-13,15,24-26,32,35H,2,14,16-18,31H2,1H3/t24-,25?,26+/m0/s1. The highest BCUT2D eigenvalue weighted by atomic mass is 32.1. The normalized spacial score (nSPS) is 16.7. The summed E-state index contributed by atoms with van der Waals surface area (Å²) in [5, 5.41) is 14.6. The molecule has 0 fully saturated rings. The van der Waals surface area contributed by atoms with E-state index in [0.717, 1.165) is 28.5 Å². The average Bonchev–Trinajstić information content (AvgIpc) is 3.55. The van der Waals surface area contributed by atoms with Crippen molar-refractivity contribution in [3.05, 3.63) is 105 Å². The zero-order valence-corrected chi connectivity index (χ0v) is 21.5. The summed E-state index contributed by atoms with van der Waals surface area (Å²) in [6, 6.07) is 14.4. The minimum Gasteiger partial charge on any atom is -0.390 e. The molecule has 1 aliphatic rings. The number of aliphatic hydroxyl groups excluding tert-OH is 1. The van der Waals surface area contributed by atoms with Crippen LogP contribution in [0.2, 0.25) is 0 Å². The highest BCUT2D eigenvalue weighted by Gasteiger charge is 2.26. The number of halogens is 2. The molecular weight excluding hydrogens is 494 g/mol. The molecule has 0 bridgehead atoms. The van der Waals surface area contributed by atoms with E-state index in [1.807, 2.05) is 54.1 Å². The van der Waals surface area contributed by atoms with Gasteiger partial charge in [-0.1, -0.05) is 37.3 Å². The number of nitrogens with one attached hydrogen (secondary N) is 1. The van der Waals surface area contributed by atoms with Gasteiger partial charge in [0.1, 0.15) is 18.2 Å². The molecule has 2 heterocycles. The summed E-state index contributed by atoms with van der Waals surface area (Å²) in [6.07, 6.45) is 3.69. The SMILES string of the molecule is CCc1cccc(CN(C[C@@H](O)[C@@H](N)Cc2cc(F)cc(F)c2)C(=O)CN2C=CC(c3cccs3)N2)c1. The molecule has 196 valence electrons. The number of amides is 1. The van der Waals surface area contributed by atoms with Gasteiger partial charge in [0.2, 0.25) is 5.91 Å². The van der Waals surface area contributed by atoms with Crippen molar-refractivity contribution in [2.24, 2.45) is 5.73 Å². The quantitative estimate of drug-likeness (QED) is 0.353. The molecule has 3 atom stereocenters. The van der Waals surface area contributed by atoms with Crippen molar-refractivity contribution in [1.29, 1.82) is 0 Å². The van der Waals surface area contributed by atoms with Gasteiger partial charge in [0.15, 0.2) is 0 Å². The van der Waals surface area contributed by atoms with Gasteiger partial charge in [0.05, 0.1) is 12.1 Å². The lowest BCUT2D eigenvalue weighted by molar-refractivity contribution is -0.134. The molecule has 0 aliphatic carbocycles. The summed E-state index contributed by atoms with van der Waals surface area (Å²) in [5.41, 5.74) is 12.0. The third-order valence-electron chi connectivity index (χ3n) is 6.34. The molecule has 0 spiro atoms. The van der Waals surface area contributed by atoms with Crippen molar-refractivity contribution in [1.82, 2.24) is 15.3 Å². The Kier molecular flexibility index (Phi) is 9.04. The number of aryl methyl sites for hydroxylation is 1. The van der Waals surface area contributed by atoms with Gasteiger partial charge < -0.3 is 20.7 Å². The van der Waals surface area contributed by atoms with E-state index in [2.05, 4.69) is 12.3 Å². The summed E-state index contributed by atoms with van der Waals surface area (Å²) in [7, 11) is 0. The Labute approximate surface area is 220 Å². The molecule has 1 aliphatic heterocycles. The van der Waals surface area contributed by atoms with E-state index in [-0.39, 0.29) is 31.5 Å². The molecule has 1 amide bonds. The first-order valence-corrected chi connectivity index (χ1v) is 13.2. The van der Waals surface area contributed by atoms with E-state index in [0.29, 0.717) is 12.1 Å². The topological polar surface area (TPSA) is 81.8 Å². The third-order valence-corrected chi connectivity index (χ3v) is 7.30. The number of hydrogen-bond donors (Lipinski definition) is 3. The van der Waals surface area contributed by atoms with E-state index in [4.69, 9.17) is 5.73 Å². The number of benzene rings is 2. The molecule has 3 aromatic rings. The van der Waals surface area contributed by atoms with Crippen LogP contribution >= 0.6 is 11.3 Å². The summed E-state index contributed by atoms with van der Waals surface area (Å²) >= 11 is 1.64. The number of hydrogen-bond acceptors (Lipinski definition) is 6. The highest BCUT2D eigenvalue weighted by molar-refractivity contribution is 7.10. The van der Waals surface area contributed by atoms with Gasteiger partial charge >= 0.3 is 0 Å². The van der Waals surface area contributed by atoms with Crippen molar-refractivity contribution in [3.8, 4) is 0 Å². The van der Waals surface area contributed by atoms with Crippen molar-refractivity contribution >= 4 is 17.2 Å². The lowest BCUT2D eigenvalue weighted by atomic mass is 10.0. The van der Waals surface area contributed by atoms with Gasteiger partial charge in [-0.05, 0) is 59.2 Å². The van der Waals surface area contributed by atoms with Crippen LogP contribution in [0, 0.1) is 11.6 Å². The number of nitrogens with two attached hydrogens (primary N) is 1. The molecule has 0 radical (unpaired) electrons. The second-order valence-corrected chi connectivity index (χ2v) is 10.2. The largest absolute Gasteiger partial charge is 0.390 e. The zero-order valence-electron chi connectivity index (χ0n) is 20.7. The first kappa shape index (κ1) is 26.9. The highest BCUT2D eigenvalue weighted by Crippen LogP contribution is 2.24. The lowest BCUT2D eigenvalue weighted by Crippen LogP contribution is -2.49. The smallest absolute Gasteiger partial charge is 0.244 e. The predicted molar refractivity (Wildman–Crippen MR) is 141 cm³/mol. The first-order chi connectivity index (χ1) is 17.8. The fraction of sp³-hybridized carbons (Fsp3) is 0.321. The maximum Gasteiger partial charge on any atom is 0.244 e. The average molecular weight is 527 g/mol. The molecule has 0 saturated carbocycles. The fourth-order valence-electron chi connectivity index (χ4n) is 4.35. The Morgan fingerprint density at radius 2 is 1.89 bits per heavy atom. The second kappa shape index (κ2) is 12.4. The molecule has 37 heavy (non-hydrogen) atoms. The third kappa shape index (κ3) is 7.45. The molecule has 1 unspecified atom stereocenters. The van der Waals surface area contributed by atoms with Gasteiger partial charge in [0, 0.05) is 36.3 Å². The van der Waals surface area contributed by atoms with E-state index in [9.17, 15) is 18.7 Å². The number of nitrogens with zero attached hydrogens (tertiary/aromatic N) is 2. The summed E-state index contributed by atoms with van der Waals surface area (Å²) < 4.78 is 27.2. The van der Waals surface area contributed by atoms with E-state index in [1.165, 1.54) is 12.1 Å². The van der Waals surface area contributed by atoms with Crippen LogP contribution in [0.25, 0.3) is 0 Å². The lowest BCUT2D eigenvalue weighted by Gasteiger charge is -2.30. The van der Waals surface area contributed by atoms with Crippen LogP contribution in [0.3, 0.4) is 0 Å². The summed E-state index contributed by atoms with van der Waals surface area (Å²) in [4.78, 5) is 16.1. The molecule has 4 rings (SSSR count). The predicted octanol–water partition coefficient (Wildman–Crippen LogP) is 3.92. The Morgan fingerprint density at radius 3 is 2.59 bits per heavy atom. The van der Waals surface area contributed by atoms with Crippen molar-refractivity contribution < 1.29 is 18.7 Å². The van der Waals surface area contributed by atoms with Gasteiger partial charge in [-0.15, -0.1) is 11.3 Å². The van der Waals surface area contributed by atoms with E-state index >= 15 is 0 Å². The van der Waals surface area contributed by atoms with Crippen molar-refractivity contribution in [2.45, 2.75) is 44.5 Å². The Bertz CT molecular complexity index is 1200. The number of carbonyl (C=O) groups excluding carboxylic acids is 1. The maximum atomic E-state index is 13.6. The van der Waals surface area contributed by atoms with Crippen LogP contribution in [0.1, 0.15) is 34.5 Å².